The van der Waals surface area contributed by atoms with Gasteiger partial charge >= 0.3 is 0 Å². The summed E-state index contributed by atoms with van der Waals surface area (Å²) < 4.78 is 0. The van der Waals surface area contributed by atoms with Gasteiger partial charge < -0.3 is 5.73 Å². The summed E-state index contributed by atoms with van der Waals surface area (Å²) in [6.45, 7) is 6.25. The standard InChI is InChI=1S/C10H18N2S2/c1-7(11)4-5-13-6-10-12-8(2)9(3)14-10/h7H,4-6,11H2,1-3H3. The molecule has 0 aliphatic carbocycles. The fourth-order valence-corrected chi connectivity index (χ4v) is 3.17. The molecule has 14 heavy (non-hydrogen) atoms. The second-order valence-electron chi connectivity index (χ2n) is 3.57. The van der Waals surface area contributed by atoms with Crippen LogP contribution in [0.1, 0.15) is 28.9 Å². The topological polar surface area (TPSA) is 38.9 Å². The first-order valence-corrected chi connectivity index (χ1v) is 6.83. The largest absolute Gasteiger partial charge is 0.328 e. The summed E-state index contributed by atoms with van der Waals surface area (Å²) in [4.78, 5) is 5.83. The molecule has 1 atom stereocenters. The van der Waals surface area contributed by atoms with E-state index in [1.54, 1.807) is 0 Å². The maximum Gasteiger partial charge on any atom is 0.103 e. The molecule has 0 aromatic carbocycles. The molecule has 2 nitrogen and oxygen atoms in total. The van der Waals surface area contributed by atoms with Crippen molar-refractivity contribution in [3.63, 3.8) is 0 Å². The lowest BCUT2D eigenvalue weighted by Gasteiger charge is -2.02. The van der Waals surface area contributed by atoms with Crippen LogP contribution < -0.4 is 5.73 Å². The van der Waals surface area contributed by atoms with Crippen LogP contribution in [0.4, 0.5) is 0 Å². The van der Waals surface area contributed by atoms with Crippen molar-refractivity contribution in [1.29, 1.82) is 0 Å². The maximum atomic E-state index is 5.67. The molecule has 80 valence electrons. The number of thiazole rings is 1. The minimum absolute atomic E-state index is 0.322. The summed E-state index contributed by atoms with van der Waals surface area (Å²) in [7, 11) is 0. The Kier molecular flexibility index (Phi) is 4.92. The normalized spacial score (nSPS) is 13.1. The van der Waals surface area contributed by atoms with Crippen molar-refractivity contribution < 1.29 is 0 Å². The summed E-state index contributed by atoms with van der Waals surface area (Å²) in [6.07, 6.45) is 1.09. The Morgan fingerprint density at radius 3 is 2.71 bits per heavy atom. The monoisotopic (exact) mass is 230 g/mol. The molecule has 0 fully saturated rings. The average Bonchev–Trinajstić information content (AvgIpc) is 2.40. The van der Waals surface area contributed by atoms with Crippen LogP contribution in [0.5, 0.6) is 0 Å². The number of thioether (sulfide) groups is 1. The molecule has 4 heteroatoms. The molecule has 1 unspecified atom stereocenters. The second-order valence-corrected chi connectivity index (χ2v) is 5.96. The smallest absolute Gasteiger partial charge is 0.103 e. The molecule has 0 saturated heterocycles. The Morgan fingerprint density at radius 1 is 1.50 bits per heavy atom. The molecular weight excluding hydrogens is 212 g/mol. The lowest BCUT2D eigenvalue weighted by atomic mass is 10.3. The van der Waals surface area contributed by atoms with Crippen molar-refractivity contribution >= 4 is 23.1 Å². The Hall–Kier alpha value is -0.0600. The van der Waals surface area contributed by atoms with Gasteiger partial charge in [-0.2, -0.15) is 11.8 Å². The van der Waals surface area contributed by atoms with E-state index in [1.807, 2.05) is 23.1 Å². The van der Waals surface area contributed by atoms with Crippen LogP contribution in [0.25, 0.3) is 0 Å². The third-order valence-corrected chi connectivity index (χ3v) is 4.27. The predicted molar refractivity (Wildman–Crippen MR) is 66.0 cm³/mol. The SMILES string of the molecule is Cc1nc(CSCCC(C)N)sc1C. The van der Waals surface area contributed by atoms with E-state index in [4.69, 9.17) is 5.73 Å². The summed E-state index contributed by atoms with van der Waals surface area (Å²) in [5.74, 6) is 2.17. The zero-order valence-electron chi connectivity index (χ0n) is 9.04. The maximum absolute atomic E-state index is 5.67. The van der Waals surface area contributed by atoms with Crippen molar-refractivity contribution in [1.82, 2.24) is 4.98 Å². The number of aromatic nitrogens is 1. The fourth-order valence-electron chi connectivity index (χ4n) is 1.03. The van der Waals surface area contributed by atoms with Gasteiger partial charge in [0, 0.05) is 16.7 Å². The van der Waals surface area contributed by atoms with Gasteiger partial charge in [-0.15, -0.1) is 11.3 Å². The summed E-state index contributed by atoms with van der Waals surface area (Å²) in [5, 5.41) is 1.25. The number of hydrogen-bond donors (Lipinski definition) is 1. The summed E-state index contributed by atoms with van der Waals surface area (Å²) in [6, 6.07) is 0.322. The molecule has 1 rings (SSSR count). The van der Waals surface area contributed by atoms with E-state index in [0.29, 0.717) is 6.04 Å². The first kappa shape index (κ1) is 12.0. The third-order valence-electron chi connectivity index (χ3n) is 2.02. The third kappa shape index (κ3) is 3.98. The number of rotatable bonds is 5. The summed E-state index contributed by atoms with van der Waals surface area (Å²) in [5.41, 5.74) is 6.85. The highest BCUT2D eigenvalue weighted by atomic mass is 32.2. The minimum Gasteiger partial charge on any atom is -0.328 e. The van der Waals surface area contributed by atoms with Crippen molar-refractivity contribution in [3.05, 3.63) is 15.6 Å². The van der Waals surface area contributed by atoms with E-state index in [1.165, 1.54) is 15.6 Å². The molecule has 0 bridgehead atoms. The molecule has 1 heterocycles. The fraction of sp³-hybridized carbons (Fsp3) is 0.700. The first-order chi connectivity index (χ1) is 6.59. The predicted octanol–water partition coefficient (Wildman–Crippen LogP) is 2.73. The highest BCUT2D eigenvalue weighted by Gasteiger charge is 2.03. The molecule has 2 N–H and O–H groups in total. The number of hydrogen-bond acceptors (Lipinski definition) is 4. The molecule has 1 aromatic heterocycles. The molecular formula is C10H18N2S2. The Morgan fingerprint density at radius 2 is 2.21 bits per heavy atom. The van der Waals surface area contributed by atoms with Crippen LogP contribution >= 0.6 is 23.1 Å². The average molecular weight is 230 g/mol. The zero-order chi connectivity index (χ0) is 10.6. The number of nitrogens with zero attached hydrogens (tertiary/aromatic N) is 1. The van der Waals surface area contributed by atoms with Crippen LogP contribution in [-0.2, 0) is 5.75 Å². The lowest BCUT2D eigenvalue weighted by molar-refractivity contribution is 0.721. The van der Waals surface area contributed by atoms with Gasteiger partial charge in [-0.05, 0) is 32.9 Å². The van der Waals surface area contributed by atoms with Crippen molar-refractivity contribution in [2.75, 3.05) is 5.75 Å². The summed E-state index contributed by atoms with van der Waals surface area (Å²) >= 11 is 3.73. The first-order valence-electron chi connectivity index (χ1n) is 4.86. The van der Waals surface area contributed by atoms with Crippen LogP contribution in [-0.4, -0.2) is 16.8 Å². The number of nitrogens with two attached hydrogens (primary N) is 1. The Balaban J connectivity index is 2.25. The van der Waals surface area contributed by atoms with E-state index in [2.05, 4.69) is 25.8 Å². The molecule has 0 amide bonds. The van der Waals surface area contributed by atoms with Crippen LogP contribution in [0.3, 0.4) is 0 Å². The number of aryl methyl sites for hydroxylation is 2. The molecule has 0 radical (unpaired) electrons. The van der Waals surface area contributed by atoms with Crippen LogP contribution in [0, 0.1) is 13.8 Å². The van der Waals surface area contributed by atoms with Gasteiger partial charge in [0.1, 0.15) is 5.01 Å². The van der Waals surface area contributed by atoms with Gasteiger partial charge in [-0.1, -0.05) is 0 Å². The quantitative estimate of drug-likeness (QED) is 0.791. The van der Waals surface area contributed by atoms with E-state index in [9.17, 15) is 0 Å². The van der Waals surface area contributed by atoms with E-state index in [-0.39, 0.29) is 0 Å². The van der Waals surface area contributed by atoms with Gasteiger partial charge in [0.25, 0.3) is 0 Å². The van der Waals surface area contributed by atoms with Gasteiger partial charge in [-0.25, -0.2) is 4.98 Å². The zero-order valence-corrected chi connectivity index (χ0v) is 10.7. The Labute approximate surface area is 94.3 Å². The van der Waals surface area contributed by atoms with Crippen LogP contribution in [0.2, 0.25) is 0 Å². The van der Waals surface area contributed by atoms with Crippen LogP contribution in [0.15, 0.2) is 0 Å². The molecule has 0 spiro atoms. The molecule has 1 aromatic rings. The second kappa shape index (κ2) is 5.73. The van der Waals surface area contributed by atoms with Crippen molar-refractivity contribution in [2.45, 2.75) is 39.0 Å². The molecule has 0 aliphatic rings. The van der Waals surface area contributed by atoms with E-state index in [0.717, 1.165) is 17.9 Å². The highest BCUT2D eigenvalue weighted by molar-refractivity contribution is 7.98. The van der Waals surface area contributed by atoms with Crippen molar-refractivity contribution in [2.24, 2.45) is 5.73 Å². The molecule has 0 aliphatic heterocycles. The molecule has 0 saturated carbocycles. The van der Waals surface area contributed by atoms with Gasteiger partial charge in [0.2, 0.25) is 0 Å². The van der Waals surface area contributed by atoms with Gasteiger partial charge in [0.05, 0.1) is 5.69 Å². The van der Waals surface area contributed by atoms with E-state index >= 15 is 0 Å². The minimum atomic E-state index is 0.322. The van der Waals surface area contributed by atoms with Gasteiger partial charge in [0.15, 0.2) is 0 Å². The Bertz CT molecular complexity index is 262. The van der Waals surface area contributed by atoms with Gasteiger partial charge in [-0.3, -0.25) is 0 Å². The van der Waals surface area contributed by atoms with Crippen molar-refractivity contribution in [3.8, 4) is 0 Å². The lowest BCUT2D eigenvalue weighted by Crippen LogP contribution is -2.15. The highest BCUT2D eigenvalue weighted by Crippen LogP contribution is 2.21. The van der Waals surface area contributed by atoms with E-state index < -0.39 is 0 Å².